The topological polar surface area (TPSA) is 239 Å². The fourth-order valence-corrected chi connectivity index (χ4v) is 3.65. The minimum absolute atomic E-state index is 0.162. The van der Waals surface area contributed by atoms with Gasteiger partial charge in [0.05, 0.1) is 37.9 Å². The van der Waals surface area contributed by atoms with Crippen LogP contribution in [0.5, 0.6) is 11.5 Å². The van der Waals surface area contributed by atoms with Crippen LogP contribution in [-0.4, -0.2) is 38.0 Å². The number of nitro groups is 2. The van der Waals surface area contributed by atoms with Crippen LogP contribution in [0.2, 0.25) is 0 Å². The number of nitrogens with one attached hydrogen (secondary N) is 2. The van der Waals surface area contributed by atoms with Crippen LogP contribution in [0.1, 0.15) is 36.6 Å². The van der Waals surface area contributed by atoms with Gasteiger partial charge in [0.1, 0.15) is 18.1 Å². The Morgan fingerprint density at radius 2 is 1.18 bits per heavy atom. The highest BCUT2D eigenvalue weighted by Crippen LogP contribution is 2.25. The van der Waals surface area contributed by atoms with Gasteiger partial charge in [-0.25, -0.2) is 30.2 Å². The van der Waals surface area contributed by atoms with Crippen molar-refractivity contribution in [1.82, 2.24) is 0 Å². The van der Waals surface area contributed by atoms with Crippen LogP contribution in [0.4, 0.5) is 22.7 Å². The van der Waals surface area contributed by atoms with Gasteiger partial charge in [-0.05, 0) is 66.2 Å². The summed E-state index contributed by atoms with van der Waals surface area (Å²) in [6.07, 6.45) is 0. The number of benzene rings is 4. The second-order valence-electron chi connectivity index (χ2n) is 8.79. The number of aromatic carboxylic acids is 2. The maximum absolute atomic E-state index is 12.4. The van der Waals surface area contributed by atoms with Gasteiger partial charge >= 0.3 is 17.9 Å². The zero-order valence-corrected chi connectivity index (χ0v) is 22.6. The zero-order chi connectivity index (χ0) is 32.5. The van der Waals surface area contributed by atoms with Crippen LogP contribution in [-0.2, 0) is 21.3 Å². The van der Waals surface area contributed by atoms with Crippen molar-refractivity contribution >= 4 is 40.7 Å². The first-order chi connectivity index (χ1) is 21.5. The molecule has 230 valence electrons. The zero-order valence-electron chi connectivity index (χ0n) is 22.6. The lowest BCUT2D eigenvalue weighted by Crippen LogP contribution is -2.15. The average molecular weight is 620 g/mol. The van der Waals surface area contributed by atoms with Gasteiger partial charge in [-0.1, -0.05) is 0 Å². The van der Waals surface area contributed by atoms with Crippen LogP contribution in [0.3, 0.4) is 0 Å². The lowest BCUT2D eigenvalue weighted by molar-refractivity contribution is -0.385. The average Bonchev–Trinajstić information content (AvgIpc) is 3.02. The SMILES string of the molecule is O=C(O)c1cc([N+](=O)[O-])ccc1COONc1ccc(Oc2ccc(NOC(=O)c3ccc([N+](=O)[O-])cc3C(=O)O)cc2)cc1. The number of hydrogen-bond acceptors (Lipinski definition) is 13. The van der Waals surface area contributed by atoms with Gasteiger partial charge in [0.15, 0.2) is 0 Å². The maximum atomic E-state index is 12.4. The molecular weight excluding hydrogens is 600 g/mol. The highest BCUT2D eigenvalue weighted by molar-refractivity contribution is 6.03. The molecule has 0 bridgehead atoms. The molecule has 0 aliphatic carbocycles. The molecule has 0 amide bonds. The number of anilines is 2. The summed E-state index contributed by atoms with van der Waals surface area (Å²) < 4.78 is 5.74. The first-order valence-electron chi connectivity index (χ1n) is 12.4. The van der Waals surface area contributed by atoms with E-state index in [-0.39, 0.29) is 29.0 Å². The van der Waals surface area contributed by atoms with Crippen molar-refractivity contribution < 1.29 is 53.9 Å². The molecule has 0 radical (unpaired) electrons. The molecule has 45 heavy (non-hydrogen) atoms. The minimum atomic E-state index is -1.53. The summed E-state index contributed by atoms with van der Waals surface area (Å²) in [7, 11) is 0. The van der Waals surface area contributed by atoms with E-state index in [2.05, 4.69) is 11.0 Å². The van der Waals surface area contributed by atoms with E-state index in [9.17, 15) is 44.8 Å². The van der Waals surface area contributed by atoms with E-state index < -0.39 is 39.0 Å². The molecule has 0 atom stereocenters. The highest BCUT2D eigenvalue weighted by atomic mass is 17.3. The molecule has 4 aromatic carbocycles. The van der Waals surface area contributed by atoms with Crippen molar-refractivity contribution in [3.8, 4) is 11.5 Å². The molecule has 0 fully saturated rings. The number of rotatable bonds is 14. The van der Waals surface area contributed by atoms with E-state index in [1.54, 1.807) is 36.4 Å². The van der Waals surface area contributed by atoms with E-state index in [0.29, 0.717) is 22.9 Å². The van der Waals surface area contributed by atoms with E-state index in [4.69, 9.17) is 19.5 Å². The monoisotopic (exact) mass is 620 g/mol. The number of nitro benzene ring substituents is 2. The van der Waals surface area contributed by atoms with Crippen molar-refractivity contribution in [1.29, 1.82) is 0 Å². The van der Waals surface area contributed by atoms with Crippen molar-refractivity contribution in [3.05, 3.63) is 127 Å². The second kappa shape index (κ2) is 14.1. The number of carbonyl (C=O) groups is 3. The summed E-state index contributed by atoms with van der Waals surface area (Å²) in [4.78, 5) is 70.3. The quantitative estimate of drug-likeness (QED) is 0.0601. The number of carboxylic acid groups (broad SMARTS) is 2. The summed E-state index contributed by atoms with van der Waals surface area (Å²) in [5.74, 6) is -3.11. The predicted molar refractivity (Wildman–Crippen MR) is 152 cm³/mol. The molecule has 0 heterocycles. The number of ether oxygens (including phenoxy) is 1. The summed E-state index contributed by atoms with van der Waals surface area (Å²) in [6, 6.07) is 18.6. The van der Waals surface area contributed by atoms with Gasteiger partial charge in [-0.15, -0.1) is 4.99 Å². The van der Waals surface area contributed by atoms with Crippen LogP contribution >= 0.6 is 0 Å². The molecular formula is C28H20N4O13. The van der Waals surface area contributed by atoms with Gasteiger partial charge in [-0.2, -0.15) is 0 Å². The molecule has 0 spiro atoms. The lowest BCUT2D eigenvalue weighted by Gasteiger charge is -2.11. The molecule has 17 heteroatoms. The third kappa shape index (κ3) is 8.25. The van der Waals surface area contributed by atoms with Crippen molar-refractivity contribution in [2.75, 3.05) is 11.0 Å². The van der Waals surface area contributed by atoms with Gasteiger partial charge in [0, 0.05) is 24.3 Å². The van der Waals surface area contributed by atoms with Crippen LogP contribution < -0.4 is 15.7 Å². The molecule has 0 aliphatic rings. The summed E-state index contributed by atoms with van der Waals surface area (Å²) in [5.41, 5.74) is 3.67. The lowest BCUT2D eigenvalue weighted by atomic mass is 10.1. The Labute approximate surface area is 251 Å². The number of carbonyl (C=O) groups excluding carboxylic acids is 1. The third-order valence-electron chi connectivity index (χ3n) is 5.84. The Balaban J connectivity index is 1.25. The summed E-state index contributed by atoms with van der Waals surface area (Å²) in [6.45, 7) is -0.307. The fourth-order valence-electron chi connectivity index (χ4n) is 3.65. The van der Waals surface area contributed by atoms with Crippen LogP contribution in [0.25, 0.3) is 0 Å². The molecule has 0 aliphatic heterocycles. The molecule has 17 nitrogen and oxygen atoms in total. The number of hydrogen-bond donors (Lipinski definition) is 4. The first-order valence-corrected chi connectivity index (χ1v) is 12.4. The van der Waals surface area contributed by atoms with Crippen molar-refractivity contribution in [3.63, 3.8) is 0 Å². The van der Waals surface area contributed by atoms with Crippen molar-refractivity contribution in [2.45, 2.75) is 6.61 Å². The van der Waals surface area contributed by atoms with Crippen LogP contribution in [0, 0.1) is 20.2 Å². The van der Waals surface area contributed by atoms with Crippen LogP contribution in [0.15, 0.2) is 84.9 Å². The van der Waals surface area contributed by atoms with E-state index in [1.165, 1.54) is 18.2 Å². The Morgan fingerprint density at radius 1 is 0.667 bits per heavy atom. The Bertz CT molecular complexity index is 1760. The molecule has 0 saturated heterocycles. The number of non-ortho nitro benzene ring substituents is 2. The Morgan fingerprint density at radius 3 is 1.71 bits per heavy atom. The van der Waals surface area contributed by atoms with E-state index in [0.717, 1.165) is 30.3 Å². The fraction of sp³-hybridized carbons (Fsp3) is 0.0357. The Kier molecular flexibility index (Phi) is 9.79. The number of nitrogens with zero attached hydrogens (tertiary/aromatic N) is 2. The maximum Gasteiger partial charge on any atom is 0.363 e. The van der Waals surface area contributed by atoms with Gasteiger partial charge in [0.25, 0.3) is 11.4 Å². The molecule has 4 N–H and O–H groups in total. The van der Waals surface area contributed by atoms with E-state index >= 15 is 0 Å². The van der Waals surface area contributed by atoms with Gasteiger partial charge in [0.2, 0.25) is 0 Å². The molecule has 4 rings (SSSR count). The molecule has 0 saturated carbocycles. The normalized spacial score (nSPS) is 10.4. The van der Waals surface area contributed by atoms with Crippen molar-refractivity contribution in [2.24, 2.45) is 0 Å². The number of carboxylic acids is 2. The Hall–Kier alpha value is -6.59. The molecule has 0 aromatic heterocycles. The highest BCUT2D eigenvalue weighted by Gasteiger charge is 2.22. The summed E-state index contributed by atoms with van der Waals surface area (Å²) in [5, 5.41) is 40.3. The van der Waals surface area contributed by atoms with E-state index in [1.807, 2.05) is 0 Å². The molecule has 4 aromatic rings. The van der Waals surface area contributed by atoms with Gasteiger partial charge < -0.3 is 19.8 Å². The largest absolute Gasteiger partial charge is 0.478 e. The second-order valence-corrected chi connectivity index (χ2v) is 8.79. The third-order valence-corrected chi connectivity index (χ3v) is 5.84. The smallest absolute Gasteiger partial charge is 0.363 e. The first kappa shape index (κ1) is 31.3. The predicted octanol–water partition coefficient (Wildman–Crippen LogP) is 5.35. The summed E-state index contributed by atoms with van der Waals surface area (Å²) >= 11 is 0. The minimum Gasteiger partial charge on any atom is -0.478 e. The van der Waals surface area contributed by atoms with Gasteiger partial charge in [-0.3, -0.25) is 20.2 Å². The molecule has 0 unspecified atom stereocenters. The standard InChI is InChI=1S/C28H20N4O13/c33-26(34)24-13-19(31(38)39)6-1-16(24)15-42-45-30-18-4-10-22(11-5-18)43-21-8-2-17(3-9-21)29-44-28(37)23-12-7-20(32(40)41)14-25(23)27(35)36/h1-14,29-30H,15H2,(H,33,34)(H,35,36).